The van der Waals surface area contributed by atoms with Crippen LogP contribution in [0.4, 0.5) is 0 Å². The third-order valence-corrected chi connectivity index (χ3v) is 11.9. The van der Waals surface area contributed by atoms with E-state index in [0.717, 1.165) is 28.0 Å². The highest BCUT2D eigenvalue weighted by Gasteiger charge is 2.29. The first-order valence-corrected chi connectivity index (χ1v) is 22.1. The summed E-state index contributed by atoms with van der Waals surface area (Å²) >= 11 is 3.49. The molecule has 2 N–H and O–H groups in total. The number of benzene rings is 2. The van der Waals surface area contributed by atoms with Gasteiger partial charge in [0.15, 0.2) is 5.16 Å². The van der Waals surface area contributed by atoms with Crippen molar-refractivity contribution in [2.45, 2.75) is 193 Å². The number of phenolic OH excluding ortho intramolecular Hbond substituents is 2. The van der Waals surface area contributed by atoms with Crippen LogP contribution in [0.2, 0.25) is 0 Å². The van der Waals surface area contributed by atoms with E-state index in [1.165, 1.54) is 64.2 Å². The third kappa shape index (κ3) is 14.1. The Balaban J connectivity index is 1.91. The average molecular weight is 782 g/mol. The van der Waals surface area contributed by atoms with Crippen LogP contribution in [-0.2, 0) is 21.7 Å². The quantitative estimate of drug-likeness (QED) is 0.0742. The Labute approximate surface area is 336 Å². The molecule has 0 aliphatic heterocycles. The maximum absolute atomic E-state index is 11.3. The van der Waals surface area contributed by atoms with Crippen molar-refractivity contribution in [1.29, 1.82) is 0 Å². The fourth-order valence-electron chi connectivity index (χ4n) is 6.32. The zero-order chi connectivity index (χ0) is 40.5. The molecule has 0 saturated heterocycles. The molecule has 0 radical (unpaired) electrons. The van der Waals surface area contributed by atoms with Crippen LogP contribution in [0.25, 0.3) is 0 Å². The van der Waals surface area contributed by atoms with Crippen molar-refractivity contribution in [1.82, 2.24) is 15.0 Å². The molecular formula is C45H71N3O4S2. The lowest BCUT2D eigenvalue weighted by atomic mass is 9.79. The number of aromatic nitrogens is 3. The lowest BCUT2D eigenvalue weighted by Crippen LogP contribution is -2.17. The molecular weight excluding hydrogens is 711 g/mol. The van der Waals surface area contributed by atoms with Gasteiger partial charge < -0.3 is 19.7 Å². The van der Waals surface area contributed by atoms with Crippen LogP contribution >= 0.6 is 23.5 Å². The van der Waals surface area contributed by atoms with Crippen molar-refractivity contribution < 1.29 is 19.7 Å². The fourth-order valence-corrected chi connectivity index (χ4v) is 8.40. The van der Waals surface area contributed by atoms with Crippen LogP contribution in [0.15, 0.2) is 29.4 Å². The summed E-state index contributed by atoms with van der Waals surface area (Å²) in [5, 5.41) is 23.1. The molecule has 0 bridgehead atoms. The SMILES string of the molecule is CCCCCCCCCCCCSC(C)Sc1nc(Oc2cc(C(C)(C)C)c(O)c(C(C)(C)C)c2)nc(Oc2cc(C(C)(C)C)c(O)c(C(C)(C)C)c2)n1. The third-order valence-electron chi connectivity index (χ3n) is 9.51. The van der Waals surface area contributed by atoms with E-state index in [1.807, 2.05) is 36.0 Å². The van der Waals surface area contributed by atoms with Crippen LogP contribution in [-0.4, -0.2) is 35.5 Å². The molecule has 7 nitrogen and oxygen atoms in total. The first-order chi connectivity index (χ1) is 25.0. The van der Waals surface area contributed by atoms with E-state index in [-0.39, 0.29) is 49.8 Å². The summed E-state index contributed by atoms with van der Waals surface area (Å²) in [7, 11) is 0. The number of hydrogen-bond donors (Lipinski definition) is 2. The van der Waals surface area contributed by atoms with Crippen LogP contribution in [0.1, 0.15) is 183 Å². The average Bonchev–Trinajstić information content (AvgIpc) is 3.03. The molecule has 0 aliphatic rings. The maximum Gasteiger partial charge on any atom is 0.329 e. The van der Waals surface area contributed by atoms with Gasteiger partial charge in [-0.15, -0.1) is 16.7 Å². The molecule has 1 atom stereocenters. The first kappa shape index (κ1) is 45.7. The zero-order valence-electron chi connectivity index (χ0n) is 36.0. The topological polar surface area (TPSA) is 97.6 Å². The van der Waals surface area contributed by atoms with E-state index in [2.05, 4.69) is 102 Å². The van der Waals surface area contributed by atoms with E-state index < -0.39 is 0 Å². The number of thioether (sulfide) groups is 2. The van der Waals surface area contributed by atoms with Gasteiger partial charge >= 0.3 is 12.0 Å². The Morgan fingerprint density at radius 3 is 1.20 bits per heavy atom. The minimum atomic E-state index is -0.326. The number of nitrogens with zero attached hydrogens (tertiary/aromatic N) is 3. The largest absolute Gasteiger partial charge is 0.507 e. The summed E-state index contributed by atoms with van der Waals surface area (Å²) in [5.41, 5.74) is 1.85. The molecule has 2 aromatic carbocycles. The monoisotopic (exact) mass is 781 g/mol. The summed E-state index contributed by atoms with van der Waals surface area (Å²) in [6.07, 6.45) is 13.3. The van der Waals surface area contributed by atoms with Gasteiger partial charge in [0.25, 0.3) is 0 Å². The zero-order valence-corrected chi connectivity index (χ0v) is 37.7. The second-order valence-corrected chi connectivity index (χ2v) is 21.9. The number of hydrogen-bond acceptors (Lipinski definition) is 9. The normalized spacial score (nSPS) is 13.3. The molecule has 1 aromatic heterocycles. The number of rotatable bonds is 18. The molecule has 9 heteroatoms. The van der Waals surface area contributed by atoms with E-state index in [1.54, 1.807) is 11.8 Å². The lowest BCUT2D eigenvalue weighted by molar-refractivity contribution is 0.376. The van der Waals surface area contributed by atoms with Gasteiger partial charge in [0.05, 0.1) is 4.58 Å². The molecule has 0 aliphatic carbocycles. The van der Waals surface area contributed by atoms with Crippen LogP contribution < -0.4 is 9.47 Å². The lowest BCUT2D eigenvalue weighted by Gasteiger charge is -2.28. The van der Waals surface area contributed by atoms with Crippen LogP contribution in [0, 0.1) is 0 Å². The van der Waals surface area contributed by atoms with Crippen molar-refractivity contribution >= 4 is 23.5 Å². The molecule has 0 fully saturated rings. The predicted molar refractivity (Wildman–Crippen MR) is 231 cm³/mol. The molecule has 54 heavy (non-hydrogen) atoms. The maximum atomic E-state index is 11.3. The van der Waals surface area contributed by atoms with Gasteiger partial charge in [-0.1, -0.05) is 160 Å². The molecule has 0 amide bonds. The minimum absolute atomic E-state index is 0.116. The minimum Gasteiger partial charge on any atom is -0.507 e. The smallest absolute Gasteiger partial charge is 0.329 e. The van der Waals surface area contributed by atoms with E-state index >= 15 is 0 Å². The Hall–Kier alpha value is -2.65. The van der Waals surface area contributed by atoms with Gasteiger partial charge in [-0.25, -0.2) is 0 Å². The molecule has 3 rings (SSSR count). The van der Waals surface area contributed by atoms with Gasteiger partial charge in [-0.2, -0.15) is 9.97 Å². The Kier molecular flexibility index (Phi) is 16.5. The van der Waals surface area contributed by atoms with Crippen molar-refractivity contribution in [3.63, 3.8) is 0 Å². The van der Waals surface area contributed by atoms with E-state index in [4.69, 9.17) is 19.4 Å². The van der Waals surface area contributed by atoms with E-state index in [0.29, 0.717) is 16.7 Å². The highest BCUT2D eigenvalue weighted by atomic mass is 32.2. The van der Waals surface area contributed by atoms with E-state index in [9.17, 15) is 10.2 Å². The highest BCUT2D eigenvalue weighted by Crippen LogP contribution is 2.44. The molecule has 302 valence electrons. The summed E-state index contributed by atoms with van der Waals surface area (Å²) in [4.78, 5) is 14.2. The fraction of sp³-hybridized carbons (Fsp3) is 0.667. The molecule has 0 saturated carbocycles. The Morgan fingerprint density at radius 1 is 0.537 bits per heavy atom. The second kappa shape index (κ2) is 19.5. The van der Waals surface area contributed by atoms with Gasteiger partial charge in [0.1, 0.15) is 23.0 Å². The van der Waals surface area contributed by atoms with Crippen molar-refractivity contribution in [3.8, 4) is 35.0 Å². The number of unbranched alkanes of at least 4 members (excludes halogenated alkanes) is 9. The van der Waals surface area contributed by atoms with Crippen molar-refractivity contribution in [3.05, 3.63) is 46.5 Å². The summed E-state index contributed by atoms with van der Waals surface area (Å²) in [6, 6.07) is 7.72. The molecule has 1 unspecified atom stereocenters. The Morgan fingerprint density at radius 2 is 0.870 bits per heavy atom. The van der Waals surface area contributed by atoms with Crippen molar-refractivity contribution in [2.24, 2.45) is 0 Å². The van der Waals surface area contributed by atoms with Gasteiger partial charge in [-0.05, 0) is 65.0 Å². The number of ether oxygens (including phenoxy) is 2. The van der Waals surface area contributed by atoms with Gasteiger partial charge in [0, 0.05) is 22.3 Å². The van der Waals surface area contributed by atoms with Gasteiger partial charge in [-0.3, -0.25) is 0 Å². The summed E-state index contributed by atoms with van der Waals surface area (Å²) < 4.78 is 13.1. The standard InChI is InChI=1S/C45H71N3O4S2/c1-15-16-17-18-19-20-21-22-23-24-25-53-30(2)54-41-47-39(51-31-26-33(42(3,4)5)37(49)34(27-31)43(6,7)8)46-40(48-41)52-32-28-35(44(9,10)11)38(50)36(29-32)45(12,13)14/h26-30,49-50H,15-25H2,1-14H3. The first-order valence-electron chi connectivity index (χ1n) is 20.2. The second-order valence-electron chi connectivity index (χ2n) is 18.9. The molecule has 1 heterocycles. The molecule has 0 spiro atoms. The van der Waals surface area contributed by atoms with Gasteiger partial charge in [0.2, 0.25) is 0 Å². The van der Waals surface area contributed by atoms with Crippen molar-refractivity contribution in [2.75, 3.05) is 5.75 Å². The molecule has 3 aromatic rings. The highest BCUT2D eigenvalue weighted by molar-refractivity contribution is 8.16. The number of phenols is 2. The summed E-state index contributed by atoms with van der Waals surface area (Å²) in [6.45, 7) is 29.4. The Bertz CT molecular complexity index is 1480. The van der Waals surface area contributed by atoms with Crippen LogP contribution in [0.3, 0.4) is 0 Å². The number of aromatic hydroxyl groups is 2. The summed E-state index contributed by atoms with van der Waals surface area (Å²) in [5.74, 6) is 2.72. The van der Waals surface area contributed by atoms with Crippen LogP contribution in [0.5, 0.6) is 35.0 Å². The predicted octanol–water partition coefficient (Wildman–Crippen LogP) is 14.1.